The highest BCUT2D eigenvalue weighted by atomic mass is 15.1. The molecular formula is C16H18N4. The van der Waals surface area contributed by atoms with Crippen molar-refractivity contribution in [2.24, 2.45) is 7.05 Å². The summed E-state index contributed by atoms with van der Waals surface area (Å²) in [4.78, 5) is 9.15. The van der Waals surface area contributed by atoms with Crippen molar-refractivity contribution >= 4 is 16.7 Å². The van der Waals surface area contributed by atoms with Crippen molar-refractivity contribution in [3.05, 3.63) is 41.9 Å². The normalized spacial score (nSPS) is 11.2. The number of nitrogen functional groups attached to an aromatic ring is 1. The number of hydrogen-bond donors (Lipinski definition) is 1. The molecule has 0 saturated carbocycles. The molecule has 2 heterocycles. The Bertz CT molecular complexity index is 787. The van der Waals surface area contributed by atoms with Crippen LogP contribution >= 0.6 is 0 Å². The lowest BCUT2D eigenvalue weighted by molar-refractivity contribution is 0.816. The average molecular weight is 266 g/mol. The smallest absolute Gasteiger partial charge is 0.131 e. The van der Waals surface area contributed by atoms with Gasteiger partial charge in [0.25, 0.3) is 0 Å². The van der Waals surface area contributed by atoms with Crippen LogP contribution in [0.4, 0.5) is 5.82 Å². The average Bonchev–Trinajstić information content (AvgIpc) is 2.74. The number of nitrogens with two attached hydrogens (primary N) is 1. The van der Waals surface area contributed by atoms with E-state index in [9.17, 15) is 0 Å². The summed E-state index contributed by atoms with van der Waals surface area (Å²) in [6, 6.07) is 10.3. The Labute approximate surface area is 118 Å². The van der Waals surface area contributed by atoms with Gasteiger partial charge in [-0.2, -0.15) is 0 Å². The Hall–Kier alpha value is -2.36. The monoisotopic (exact) mass is 266 g/mol. The van der Waals surface area contributed by atoms with Crippen LogP contribution in [0.25, 0.3) is 22.2 Å². The molecule has 0 spiro atoms. The first-order valence-electron chi connectivity index (χ1n) is 6.79. The number of rotatable bonds is 2. The number of hydrogen-bond acceptors (Lipinski definition) is 3. The van der Waals surface area contributed by atoms with E-state index in [4.69, 9.17) is 5.73 Å². The Morgan fingerprint density at radius 3 is 2.65 bits per heavy atom. The molecule has 20 heavy (non-hydrogen) atoms. The molecule has 0 aliphatic carbocycles. The summed E-state index contributed by atoms with van der Waals surface area (Å²) in [7, 11) is 1.95. The van der Waals surface area contributed by atoms with Gasteiger partial charge in [-0.25, -0.2) is 4.98 Å². The van der Waals surface area contributed by atoms with E-state index in [0.29, 0.717) is 5.82 Å². The van der Waals surface area contributed by atoms with Gasteiger partial charge >= 0.3 is 0 Å². The lowest BCUT2D eigenvalue weighted by Crippen LogP contribution is -2.00. The number of imidazole rings is 1. The van der Waals surface area contributed by atoms with Crippen molar-refractivity contribution < 1.29 is 0 Å². The van der Waals surface area contributed by atoms with Crippen molar-refractivity contribution in [3.8, 4) is 11.3 Å². The van der Waals surface area contributed by atoms with E-state index in [2.05, 4.69) is 29.0 Å². The first kappa shape index (κ1) is 12.7. The van der Waals surface area contributed by atoms with Gasteiger partial charge in [0.2, 0.25) is 0 Å². The highest BCUT2D eigenvalue weighted by Gasteiger charge is 2.13. The van der Waals surface area contributed by atoms with Crippen LogP contribution < -0.4 is 5.73 Å². The molecule has 0 unspecified atom stereocenters. The second-order valence-electron chi connectivity index (χ2n) is 5.03. The zero-order valence-electron chi connectivity index (χ0n) is 12.0. The van der Waals surface area contributed by atoms with Gasteiger partial charge < -0.3 is 10.3 Å². The minimum Gasteiger partial charge on any atom is -0.383 e. The van der Waals surface area contributed by atoms with E-state index in [-0.39, 0.29) is 0 Å². The van der Waals surface area contributed by atoms with Crippen LogP contribution in [0.15, 0.2) is 30.3 Å². The van der Waals surface area contributed by atoms with Crippen LogP contribution in [0, 0.1) is 6.92 Å². The predicted octanol–water partition coefficient (Wildman–Crippen LogP) is 3.09. The van der Waals surface area contributed by atoms with Crippen molar-refractivity contribution in [2.45, 2.75) is 20.3 Å². The molecular weight excluding hydrogens is 248 g/mol. The summed E-state index contributed by atoms with van der Waals surface area (Å²) in [5.41, 5.74) is 10.1. The third kappa shape index (κ3) is 1.93. The second-order valence-corrected chi connectivity index (χ2v) is 5.03. The van der Waals surface area contributed by atoms with E-state index in [0.717, 1.165) is 40.1 Å². The fourth-order valence-electron chi connectivity index (χ4n) is 2.46. The van der Waals surface area contributed by atoms with E-state index in [1.807, 2.05) is 36.7 Å². The van der Waals surface area contributed by atoms with Crippen molar-refractivity contribution in [1.82, 2.24) is 14.5 Å². The largest absolute Gasteiger partial charge is 0.383 e. The summed E-state index contributed by atoms with van der Waals surface area (Å²) in [6.07, 6.45) is 0.870. The number of pyridine rings is 1. The maximum absolute atomic E-state index is 6.16. The molecule has 0 radical (unpaired) electrons. The summed E-state index contributed by atoms with van der Waals surface area (Å²) in [5.74, 6) is 1.71. The highest BCUT2D eigenvalue weighted by Crippen LogP contribution is 2.28. The minimum absolute atomic E-state index is 0.710. The molecule has 0 amide bonds. The minimum atomic E-state index is 0.710. The van der Waals surface area contributed by atoms with Crippen molar-refractivity contribution in [3.63, 3.8) is 0 Å². The van der Waals surface area contributed by atoms with Crippen molar-refractivity contribution in [1.29, 1.82) is 0 Å². The summed E-state index contributed by atoms with van der Waals surface area (Å²) in [5, 5.41) is 1.11. The zero-order valence-corrected chi connectivity index (χ0v) is 12.0. The van der Waals surface area contributed by atoms with Gasteiger partial charge in [0.05, 0.1) is 5.52 Å². The summed E-state index contributed by atoms with van der Waals surface area (Å²) < 4.78 is 1.95. The number of anilines is 1. The number of aryl methyl sites for hydroxylation is 2. The molecule has 0 aliphatic heterocycles. The first-order chi connectivity index (χ1) is 9.60. The number of aromatic nitrogens is 3. The quantitative estimate of drug-likeness (QED) is 0.775. The molecule has 3 rings (SSSR count). The maximum atomic E-state index is 6.16. The van der Waals surface area contributed by atoms with Gasteiger partial charge in [0.15, 0.2) is 0 Å². The fourth-order valence-corrected chi connectivity index (χ4v) is 2.46. The van der Waals surface area contributed by atoms with Crippen LogP contribution in [0.2, 0.25) is 0 Å². The predicted molar refractivity (Wildman–Crippen MR) is 82.5 cm³/mol. The third-order valence-electron chi connectivity index (χ3n) is 3.65. The Morgan fingerprint density at radius 1 is 1.15 bits per heavy atom. The van der Waals surface area contributed by atoms with E-state index < -0.39 is 0 Å². The van der Waals surface area contributed by atoms with Crippen LogP contribution in [0.3, 0.4) is 0 Å². The van der Waals surface area contributed by atoms with E-state index in [1.54, 1.807) is 0 Å². The number of benzene rings is 1. The fraction of sp³-hybridized carbons (Fsp3) is 0.250. The molecule has 0 saturated heterocycles. The molecule has 4 nitrogen and oxygen atoms in total. The maximum Gasteiger partial charge on any atom is 0.131 e. The van der Waals surface area contributed by atoms with Gasteiger partial charge in [-0.05, 0) is 25.1 Å². The van der Waals surface area contributed by atoms with Gasteiger partial charge in [0, 0.05) is 30.1 Å². The molecule has 0 bridgehead atoms. The second kappa shape index (κ2) is 4.63. The summed E-state index contributed by atoms with van der Waals surface area (Å²) in [6.45, 7) is 4.08. The molecule has 0 fully saturated rings. The first-order valence-corrected chi connectivity index (χ1v) is 6.79. The Kier molecular flexibility index (Phi) is 2.93. The summed E-state index contributed by atoms with van der Waals surface area (Å²) >= 11 is 0. The van der Waals surface area contributed by atoms with E-state index in [1.165, 1.54) is 0 Å². The Morgan fingerprint density at radius 2 is 1.95 bits per heavy atom. The van der Waals surface area contributed by atoms with Gasteiger partial charge in [-0.3, -0.25) is 4.98 Å². The van der Waals surface area contributed by atoms with Crippen LogP contribution in [0.1, 0.15) is 18.4 Å². The zero-order chi connectivity index (χ0) is 14.3. The molecule has 102 valence electrons. The topological polar surface area (TPSA) is 56.7 Å². The van der Waals surface area contributed by atoms with Gasteiger partial charge in [-0.1, -0.05) is 19.1 Å². The highest BCUT2D eigenvalue weighted by molar-refractivity contribution is 5.85. The number of fused-ring (bicyclic) bond motifs is 1. The van der Waals surface area contributed by atoms with Crippen LogP contribution in [-0.4, -0.2) is 14.5 Å². The van der Waals surface area contributed by atoms with Crippen LogP contribution in [-0.2, 0) is 13.5 Å². The van der Waals surface area contributed by atoms with Crippen molar-refractivity contribution in [2.75, 3.05) is 5.73 Å². The third-order valence-corrected chi connectivity index (χ3v) is 3.65. The van der Waals surface area contributed by atoms with E-state index >= 15 is 0 Å². The number of nitrogens with zero attached hydrogens (tertiary/aromatic N) is 3. The molecule has 1 aromatic carbocycles. The standard InChI is InChI=1S/C16H18N4/c1-4-14-19-15(16(17)20(14)3)12-7-8-13-11(9-12)6-5-10(2)18-13/h5-9H,4,17H2,1-3H3. The molecule has 3 aromatic rings. The lowest BCUT2D eigenvalue weighted by Gasteiger charge is -2.03. The Balaban J connectivity index is 2.17. The molecule has 2 aromatic heterocycles. The van der Waals surface area contributed by atoms with Gasteiger partial charge in [-0.15, -0.1) is 0 Å². The van der Waals surface area contributed by atoms with Crippen LogP contribution in [0.5, 0.6) is 0 Å². The lowest BCUT2D eigenvalue weighted by atomic mass is 10.1. The molecule has 4 heteroatoms. The van der Waals surface area contributed by atoms with Gasteiger partial charge in [0.1, 0.15) is 17.3 Å². The SMILES string of the molecule is CCc1nc(-c2ccc3nc(C)ccc3c2)c(N)n1C. The molecule has 2 N–H and O–H groups in total. The molecule has 0 aliphatic rings. The molecule has 0 atom stereocenters.